The fourth-order valence-corrected chi connectivity index (χ4v) is 3.65. The molecule has 1 N–H and O–H groups in total. The Morgan fingerprint density at radius 1 is 1.21 bits per heavy atom. The lowest BCUT2D eigenvalue weighted by Gasteiger charge is -2.33. The van der Waals surface area contributed by atoms with E-state index < -0.39 is 0 Å². The summed E-state index contributed by atoms with van der Waals surface area (Å²) in [4.78, 5) is 27.6. The molecule has 2 amide bonds. The van der Waals surface area contributed by atoms with Crippen LogP contribution in [0.2, 0.25) is 0 Å². The van der Waals surface area contributed by atoms with Gasteiger partial charge in [0.1, 0.15) is 0 Å². The summed E-state index contributed by atoms with van der Waals surface area (Å²) in [6, 6.07) is 0. The van der Waals surface area contributed by atoms with E-state index in [1.807, 2.05) is 4.90 Å². The molecule has 3 aliphatic rings. The highest BCUT2D eigenvalue weighted by Crippen LogP contribution is 2.38. The lowest BCUT2D eigenvalue weighted by Crippen LogP contribution is -2.43. The van der Waals surface area contributed by atoms with Crippen LogP contribution in [-0.2, 0) is 9.59 Å². The molecule has 0 bridgehead atoms. The molecule has 0 aromatic carbocycles. The summed E-state index contributed by atoms with van der Waals surface area (Å²) in [5.41, 5.74) is 0.357. The van der Waals surface area contributed by atoms with Gasteiger partial charge in [-0.2, -0.15) is 0 Å². The molecule has 0 radical (unpaired) electrons. The number of likely N-dealkylation sites (tertiary alicyclic amines) is 2. The van der Waals surface area contributed by atoms with E-state index in [2.05, 4.69) is 5.32 Å². The molecule has 0 saturated carbocycles. The molecule has 5 heteroatoms. The van der Waals surface area contributed by atoms with Gasteiger partial charge in [-0.1, -0.05) is 0 Å². The summed E-state index contributed by atoms with van der Waals surface area (Å²) in [6.45, 7) is 4.98. The van der Waals surface area contributed by atoms with Crippen molar-refractivity contribution in [2.45, 2.75) is 32.1 Å². The maximum Gasteiger partial charge on any atom is 0.242 e. The van der Waals surface area contributed by atoms with Crippen molar-refractivity contribution in [1.29, 1.82) is 0 Å². The van der Waals surface area contributed by atoms with E-state index in [1.54, 1.807) is 4.90 Å². The second-order valence-electron chi connectivity index (χ2n) is 6.23. The lowest BCUT2D eigenvalue weighted by molar-refractivity contribution is -0.138. The van der Waals surface area contributed by atoms with Crippen molar-refractivity contribution in [3.63, 3.8) is 0 Å². The zero-order valence-electron chi connectivity index (χ0n) is 11.5. The lowest BCUT2D eigenvalue weighted by atomic mass is 9.78. The van der Waals surface area contributed by atoms with E-state index in [-0.39, 0.29) is 11.8 Å². The van der Waals surface area contributed by atoms with Crippen LogP contribution in [-0.4, -0.2) is 60.9 Å². The Balaban J connectivity index is 1.55. The van der Waals surface area contributed by atoms with E-state index in [0.717, 1.165) is 45.6 Å². The maximum absolute atomic E-state index is 12.3. The van der Waals surface area contributed by atoms with Gasteiger partial charge in [0.2, 0.25) is 11.8 Å². The fraction of sp³-hybridized carbons (Fsp3) is 0.857. The second-order valence-corrected chi connectivity index (χ2v) is 6.23. The van der Waals surface area contributed by atoms with Crippen molar-refractivity contribution in [2.75, 3.05) is 39.3 Å². The SMILES string of the molecule is O=C1CCCN1CC(=O)N1CCC2(CCNCC2)C1. The predicted octanol–water partition coefficient (Wildman–Crippen LogP) is 0.211. The predicted molar refractivity (Wildman–Crippen MR) is 71.5 cm³/mol. The van der Waals surface area contributed by atoms with Crippen molar-refractivity contribution in [3.05, 3.63) is 0 Å². The fourth-order valence-electron chi connectivity index (χ4n) is 3.65. The average molecular weight is 265 g/mol. The van der Waals surface area contributed by atoms with Crippen molar-refractivity contribution >= 4 is 11.8 Å². The smallest absolute Gasteiger partial charge is 0.242 e. The van der Waals surface area contributed by atoms with Crippen LogP contribution in [0.15, 0.2) is 0 Å². The third-order valence-corrected chi connectivity index (χ3v) is 4.95. The van der Waals surface area contributed by atoms with Crippen LogP contribution >= 0.6 is 0 Å². The summed E-state index contributed by atoms with van der Waals surface area (Å²) < 4.78 is 0. The Kier molecular flexibility index (Phi) is 3.48. The zero-order valence-corrected chi connectivity index (χ0v) is 11.5. The van der Waals surface area contributed by atoms with Gasteiger partial charge in [0.05, 0.1) is 6.54 Å². The summed E-state index contributed by atoms with van der Waals surface area (Å²) in [5.74, 6) is 0.287. The van der Waals surface area contributed by atoms with Gasteiger partial charge in [-0.3, -0.25) is 9.59 Å². The average Bonchev–Trinajstić information content (AvgIpc) is 2.99. The number of piperidine rings is 1. The molecule has 3 heterocycles. The third kappa shape index (κ3) is 2.61. The van der Waals surface area contributed by atoms with Crippen LogP contribution in [0, 0.1) is 5.41 Å². The molecule has 1 spiro atoms. The largest absolute Gasteiger partial charge is 0.341 e. The molecule has 0 aromatic heterocycles. The first-order valence-electron chi connectivity index (χ1n) is 7.45. The molecule has 0 unspecified atom stereocenters. The van der Waals surface area contributed by atoms with Crippen LogP contribution in [0.5, 0.6) is 0 Å². The van der Waals surface area contributed by atoms with Crippen molar-refractivity contribution < 1.29 is 9.59 Å². The Bertz CT molecular complexity index is 377. The molecule has 19 heavy (non-hydrogen) atoms. The van der Waals surface area contributed by atoms with Crippen LogP contribution in [0.3, 0.4) is 0 Å². The standard InChI is InChI=1S/C14H23N3O2/c18-12-2-1-8-16(12)10-13(19)17-9-5-14(11-17)3-6-15-7-4-14/h15H,1-11H2. The van der Waals surface area contributed by atoms with Gasteiger partial charge in [-0.25, -0.2) is 0 Å². The first kappa shape index (κ1) is 12.9. The molecule has 0 aliphatic carbocycles. The van der Waals surface area contributed by atoms with Gasteiger partial charge in [0.25, 0.3) is 0 Å². The number of hydrogen-bond donors (Lipinski definition) is 1. The van der Waals surface area contributed by atoms with E-state index in [9.17, 15) is 9.59 Å². The van der Waals surface area contributed by atoms with Crippen molar-refractivity contribution in [2.24, 2.45) is 5.41 Å². The van der Waals surface area contributed by atoms with Crippen LogP contribution in [0.1, 0.15) is 32.1 Å². The van der Waals surface area contributed by atoms with Gasteiger partial charge < -0.3 is 15.1 Å². The van der Waals surface area contributed by atoms with Gasteiger partial charge in [0.15, 0.2) is 0 Å². The second kappa shape index (κ2) is 5.12. The number of hydrogen-bond acceptors (Lipinski definition) is 3. The molecular formula is C14H23N3O2. The minimum Gasteiger partial charge on any atom is -0.341 e. The van der Waals surface area contributed by atoms with Gasteiger partial charge in [-0.15, -0.1) is 0 Å². The minimum atomic E-state index is 0.143. The first-order valence-corrected chi connectivity index (χ1v) is 7.45. The van der Waals surface area contributed by atoms with E-state index in [4.69, 9.17) is 0 Å². The molecule has 3 aliphatic heterocycles. The summed E-state index contributed by atoms with van der Waals surface area (Å²) in [7, 11) is 0. The Labute approximate surface area is 114 Å². The Morgan fingerprint density at radius 3 is 2.68 bits per heavy atom. The van der Waals surface area contributed by atoms with Gasteiger partial charge >= 0.3 is 0 Å². The van der Waals surface area contributed by atoms with E-state index >= 15 is 0 Å². The summed E-state index contributed by atoms with van der Waals surface area (Å²) >= 11 is 0. The topological polar surface area (TPSA) is 52.7 Å². The molecule has 3 saturated heterocycles. The minimum absolute atomic E-state index is 0.143. The molecule has 106 valence electrons. The summed E-state index contributed by atoms with van der Waals surface area (Å²) in [5, 5.41) is 3.39. The number of carbonyl (C=O) groups excluding carboxylic acids is 2. The number of amides is 2. The normalized spacial score (nSPS) is 26.4. The highest BCUT2D eigenvalue weighted by molar-refractivity contribution is 5.86. The van der Waals surface area contributed by atoms with E-state index in [0.29, 0.717) is 18.4 Å². The monoisotopic (exact) mass is 265 g/mol. The molecular weight excluding hydrogens is 242 g/mol. The Hall–Kier alpha value is -1.10. The molecule has 3 rings (SSSR count). The third-order valence-electron chi connectivity index (χ3n) is 4.95. The maximum atomic E-state index is 12.3. The number of carbonyl (C=O) groups is 2. The van der Waals surface area contributed by atoms with Crippen LogP contribution in [0.25, 0.3) is 0 Å². The van der Waals surface area contributed by atoms with Crippen LogP contribution in [0.4, 0.5) is 0 Å². The van der Waals surface area contributed by atoms with Gasteiger partial charge in [0, 0.05) is 26.1 Å². The molecule has 3 fully saturated rings. The molecule has 5 nitrogen and oxygen atoms in total. The first-order chi connectivity index (χ1) is 9.19. The quantitative estimate of drug-likeness (QED) is 0.776. The van der Waals surface area contributed by atoms with Crippen molar-refractivity contribution in [1.82, 2.24) is 15.1 Å². The van der Waals surface area contributed by atoms with Gasteiger partial charge in [-0.05, 0) is 44.2 Å². The highest BCUT2D eigenvalue weighted by Gasteiger charge is 2.40. The van der Waals surface area contributed by atoms with Crippen molar-refractivity contribution in [3.8, 4) is 0 Å². The number of nitrogens with one attached hydrogen (secondary N) is 1. The van der Waals surface area contributed by atoms with E-state index in [1.165, 1.54) is 12.8 Å². The highest BCUT2D eigenvalue weighted by atomic mass is 16.2. The zero-order chi connectivity index (χ0) is 13.3. The number of nitrogens with zero attached hydrogens (tertiary/aromatic N) is 2. The summed E-state index contributed by atoms with van der Waals surface area (Å²) in [6.07, 6.45) is 5.01. The number of rotatable bonds is 2. The molecule has 0 atom stereocenters. The van der Waals surface area contributed by atoms with Crippen LogP contribution < -0.4 is 5.32 Å². The molecule has 0 aromatic rings. The Morgan fingerprint density at radius 2 is 2.00 bits per heavy atom.